The molecule has 0 saturated heterocycles. The molecule has 1 rings (SSSR count). The van der Waals surface area contributed by atoms with Gasteiger partial charge in [0.15, 0.2) is 0 Å². The van der Waals surface area contributed by atoms with Crippen molar-refractivity contribution in [2.75, 3.05) is 0 Å². The third-order valence-corrected chi connectivity index (χ3v) is 2.22. The molecule has 0 aromatic rings. The minimum Gasteiger partial charge on any atom is -0.199 e. The van der Waals surface area contributed by atoms with E-state index in [9.17, 15) is 0 Å². The first-order valence-corrected chi connectivity index (χ1v) is 3.97. The van der Waals surface area contributed by atoms with E-state index in [2.05, 4.69) is 6.07 Å². The Morgan fingerprint density at radius 2 is 1.60 bits per heavy atom. The van der Waals surface area contributed by atoms with Crippen LogP contribution >= 0.6 is 0 Å². The van der Waals surface area contributed by atoms with Gasteiger partial charge in [0, 0.05) is 5.31 Å². The largest absolute Gasteiger partial charge is 0.199 e. The molecule has 0 aliphatic heterocycles. The summed E-state index contributed by atoms with van der Waals surface area (Å²) >= 11 is 0. The van der Waals surface area contributed by atoms with Crippen LogP contribution < -0.4 is 0 Å². The van der Waals surface area contributed by atoms with Crippen LogP contribution in [0.2, 0.25) is 5.31 Å². The Hall–Kier alpha value is -0.445. The Kier molecular flexibility index (Phi) is 2.37. The maximum Gasteiger partial charge on any atom is 0.0951 e. The smallest absolute Gasteiger partial charge is 0.0951 e. The van der Waals surface area contributed by atoms with Gasteiger partial charge < -0.3 is 0 Å². The van der Waals surface area contributed by atoms with Crippen molar-refractivity contribution in [3.63, 3.8) is 0 Å². The molecule has 1 fully saturated rings. The van der Waals surface area contributed by atoms with Gasteiger partial charge in [-0.3, -0.25) is 0 Å². The van der Waals surface area contributed by atoms with Crippen LogP contribution in [0.5, 0.6) is 0 Å². The monoisotopic (exact) mass is 133 g/mol. The molecule has 2 radical (unpaired) electrons. The maximum atomic E-state index is 8.70. The third-order valence-electron chi connectivity index (χ3n) is 2.22. The molecule has 0 atom stereocenters. The summed E-state index contributed by atoms with van der Waals surface area (Å²) in [6, 6.07) is 2.20. The van der Waals surface area contributed by atoms with Gasteiger partial charge in [-0.25, -0.2) is 0 Å². The van der Waals surface area contributed by atoms with E-state index in [1.54, 1.807) is 0 Å². The van der Waals surface area contributed by atoms with E-state index in [1.165, 1.54) is 12.8 Å². The quantitative estimate of drug-likeness (QED) is 0.367. The van der Waals surface area contributed by atoms with Crippen molar-refractivity contribution >= 4 is 7.85 Å². The second kappa shape index (κ2) is 3.10. The van der Waals surface area contributed by atoms with E-state index < -0.39 is 5.31 Å². The number of rotatable bonds is 0. The molecule has 0 heterocycles. The molecule has 1 nitrogen and oxygen atoms in total. The first kappa shape index (κ1) is 7.66. The zero-order chi connectivity index (χ0) is 7.45. The fourth-order valence-electron chi connectivity index (χ4n) is 1.47. The van der Waals surface area contributed by atoms with Crippen LogP contribution in [0.15, 0.2) is 0 Å². The molecule has 52 valence electrons. The molecule has 0 amide bonds. The lowest BCUT2D eigenvalue weighted by atomic mass is 9.65. The van der Waals surface area contributed by atoms with Crippen molar-refractivity contribution in [3.8, 4) is 6.07 Å². The van der Waals surface area contributed by atoms with Crippen molar-refractivity contribution in [3.05, 3.63) is 0 Å². The first-order valence-electron chi connectivity index (χ1n) is 3.97. The second-order valence-corrected chi connectivity index (χ2v) is 3.18. The van der Waals surface area contributed by atoms with Crippen LogP contribution in [-0.4, -0.2) is 7.85 Å². The van der Waals surface area contributed by atoms with Gasteiger partial charge in [-0.1, -0.05) is 25.7 Å². The Bertz CT molecular complexity index is 140. The van der Waals surface area contributed by atoms with Gasteiger partial charge in [0.1, 0.15) is 0 Å². The fourth-order valence-corrected chi connectivity index (χ4v) is 1.47. The lowest BCUT2D eigenvalue weighted by Crippen LogP contribution is -2.07. The van der Waals surface area contributed by atoms with E-state index in [-0.39, 0.29) is 0 Å². The molecular weight excluding hydrogens is 121 g/mol. The average Bonchev–Trinajstić information content (AvgIpc) is 2.15. The van der Waals surface area contributed by atoms with Crippen LogP contribution in [0.3, 0.4) is 0 Å². The van der Waals surface area contributed by atoms with Crippen LogP contribution in [-0.2, 0) is 0 Å². The summed E-state index contributed by atoms with van der Waals surface area (Å²) in [7, 11) is 5.80. The third kappa shape index (κ3) is 1.77. The van der Waals surface area contributed by atoms with E-state index in [1.807, 2.05) is 0 Å². The molecular formula is C8H12BN. The summed E-state index contributed by atoms with van der Waals surface area (Å²) in [6.45, 7) is 0. The van der Waals surface area contributed by atoms with Crippen molar-refractivity contribution in [2.45, 2.75) is 43.8 Å². The van der Waals surface area contributed by atoms with Gasteiger partial charge in [0.25, 0.3) is 0 Å². The molecule has 1 saturated carbocycles. The average molecular weight is 133 g/mol. The summed E-state index contributed by atoms with van der Waals surface area (Å²) in [5.41, 5.74) is 0. The van der Waals surface area contributed by atoms with Crippen molar-refractivity contribution in [2.24, 2.45) is 0 Å². The van der Waals surface area contributed by atoms with E-state index in [0.29, 0.717) is 0 Å². The van der Waals surface area contributed by atoms with Gasteiger partial charge in [-0.15, -0.1) is 0 Å². The molecule has 10 heavy (non-hydrogen) atoms. The molecule has 0 spiro atoms. The fraction of sp³-hybridized carbons (Fsp3) is 0.875. The van der Waals surface area contributed by atoms with Gasteiger partial charge in [0.05, 0.1) is 13.9 Å². The highest BCUT2D eigenvalue weighted by molar-refractivity contribution is 6.17. The van der Waals surface area contributed by atoms with Crippen molar-refractivity contribution in [1.29, 1.82) is 5.26 Å². The summed E-state index contributed by atoms with van der Waals surface area (Å²) < 4.78 is 0. The Morgan fingerprint density at radius 1 is 1.10 bits per heavy atom. The number of hydrogen-bond donors (Lipinski definition) is 0. The van der Waals surface area contributed by atoms with Gasteiger partial charge in [0.2, 0.25) is 0 Å². The minimum atomic E-state index is -0.490. The maximum absolute atomic E-state index is 8.70. The summed E-state index contributed by atoms with van der Waals surface area (Å²) in [6.07, 6.45) is 6.54. The highest BCUT2D eigenvalue weighted by Gasteiger charge is 2.23. The molecule has 1 aliphatic rings. The predicted octanol–water partition coefficient (Wildman–Crippen LogP) is 2.19. The highest BCUT2D eigenvalue weighted by Crippen LogP contribution is 2.37. The topological polar surface area (TPSA) is 23.8 Å². The van der Waals surface area contributed by atoms with Crippen molar-refractivity contribution < 1.29 is 0 Å². The van der Waals surface area contributed by atoms with Crippen molar-refractivity contribution in [1.82, 2.24) is 0 Å². The Labute approximate surface area is 63.8 Å². The number of nitriles is 1. The summed E-state index contributed by atoms with van der Waals surface area (Å²) in [4.78, 5) is 0. The molecule has 0 N–H and O–H groups in total. The summed E-state index contributed by atoms with van der Waals surface area (Å²) in [5.74, 6) is 0. The second-order valence-electron chi connectivity index (χ2n) is 3.18. The summed E-state index contributed by atoms with van der Waals surface area (Å²) in [5, 5.41) is 8.21. The molecule has 0 aromatic carbocycles. The molecule has 0 unspecified atom stereocenters. The molecule has 0 bridgehead atoms. The van der Waals surface area contributed by atoms with Gasteiger partial charge in [-0.05, 0) is 12.8 Å². The van der Waals surface area contributed by atoms with Crippen LogP contribution in [0.4, 0.5) is 0 Å². The molecule has 2 heteroatoms. The Morgan fingerprint density at radius 3 is 2.00 bits per heavy atom. The minimum absolute atomic E-state index is 0.490. The molecule has 0 aromatic heterocycles. The normalized spacial score (nSPS) is 24.7. The van der Waals surface area contributed by atoms with Crippen LogP contribution in [0.25, 0.3) is 0 Å². The van der Waals surface area contributed by atoms with E-state index in [0.717, 1.165) is 25.7 Å². The van der Waals surface area contributed by atoms with E-state index >= 15 is 0 Å². The van der Waals surface area contributed by atoms with Crippen LogP contribution in [0, 0.1) is 11.3 Å². The highest BCUT2D eigenvalue weighted by atomic mass is 14.3. The van der Waals surface area contributed by atoms with Crippen LogP contribution in [0.1, 0.15) is 38.5 Å². The van der Waals surface area contributed by atoms with Gasteiger partial charge in [-0.2, -0.15) is 5.26 Å². The lowest BCUT2D eigenvalue weighted by molar-refractivity contribution is 0.594. The lowest BCUT2D eigenvalue weighted by Gasteiger charge is -2.17. The zero-order valence-electron chi connectivity index (χ0n) is 6.27. The predicted molar refractivity (Wildman–Crippen MR) is 41.8 cm³/mol. The standard InChI is InChI=1S/C8H12BN/c9-8(7-10)5-3-1-2-4-6-8/h1-6H2. The van der Waals surface area contributed by atoms with E-state index in [4.69, 9.17) is 13.1 Å². The molecule has 1 aliphatic carbocycles. The zero-order valence-corrected chi connectivity index (χ0v) is 6.27. The number of hydrogen-bond acceptors (Lipinski definition) is 1. The SMILES string of the molecule is [B]C1(C#N)CCCCCC1. The van der Waals surface area contributed by atoms with Gasteiger partial charge >= 0.3 is 0 Å². The Balaban J connectivity index is 2.51. The number of nitrogens with zero attached hydrogens (tertiary/aromatic N) is 1. The first-order chi connectivity index (χ1) is 4.77.